The van der Waals surface area contributed by atoms with Crippen LogP contribution in [-0.2, 0) is 11.3 Å². The van der Waals surface area contributed by atoms with Crippen molar-refractivity contribution in [2.45, 2.75) is 63.7 Å². The molecule has 0 radical (unpaired) electrons. The Kier molecular flexibility index (Phi) is 21.1. The number of rotatable bonds is 13. The lowest BCUT2D eigenvalue weighted by atomic mass is 9.90. The molecule has 27 heteroatoms. The van der Waals surface area contributed by atoms with Gasteiger partial charge in [-0.1, -0.05) is 96.0 Å². The van der Waals surface area contributed by atoms with Crippen LogP contribution in [0.25, 0.3) is 0 Å². The van der Waals surface area contributed by atoms with E-state index in [0.717, 1.165) is 13.8 Å². The summed E-state index contributed by atoms with van der Waals surface area (Å²) in [5.41, 5.74) is -8.68. The fraction of sp³-hybridized carbons (Fsp3) is 0.161. The quantitative estimate of drug-likeness (QED) is 0.0561. The Morgan fingerprint density at radius 1 is 0.416 bits per heavy atom. The van der Waals surface area contributed by atoms with Crippen molar-refractivity contribution >= 4 is 69.6 Å². The van der Waals surface area contributed by atoms with Crippen molar-refractivity contribution in [1.82, 2.24) is 0 Å². The van der Waals surface area contributed by atoms with E-state index in [9.17, 15) is 85.8 Å². The first-order chi connectivity index (χ1) is 41.4. The lowest BCUT2D eigenvalue weighted by molar-refractivity contribution is -0.349. The highest BCUT2D eigenvalue weighted by atomic mass is 35.5. The minimum absolute atomic E-state index is 0.0123. The monoisotopic (exact) mass is 1290 g/mol. The smallest absolute Gasteiger partial charge is 0.435 e. The third kappa shape index (κ3) is 16.2. The molecule has 89 heavy (non-hydrogen) atoms. The molecule has 0 aliphatic carbocycles. The molecule has 0 bridgehead atoms. The number of halogens is 16. The second-order valence-electron chi connectivity index (χ2n) is 19.3. The lowest BCUT2D eigenvalue weighted by Crippen LogP contribution is -2.50. The van der Waals surface area contributed by atoms with E-state index in [4.69, 9.17) is 38.4 Å². The summed E-state index contributed by atoms with van der Waals surface area (Å²) in [4.78, 5) is 50.1. The number of nitrogens with one attached hydrogen (secondary N) is 3. The van der Waals surface area contributed by atoms with Crippen LogP contribution in [0.3, 0.4) is 0 Å². The first-order valence-electron chi connectivity index (χ1n) is 25.4. The molecule has 0 aliphatic rings. The summed E-state index contributed by atoms with van der Waals surface area (Å²) in [7, 11) is 0. The Balaban J connectivity index is 0.000000236. The summed E-state index contributed by atoms with van der Waals surface area (Å²) >= 11 is 11.8. The Morgan fingerprint density at radius 2 is 0.764 bits per heavy atom. The number of aryl methyl sites for hydroxylation is 4. The van der Waals surface area contributed by atoms with Gasteiger partial charge in [-0.15, -0.1) is 0 Å². The maximum absolute atomic E-state index is 14.7. The van der Waals surface area contributed by atoms with Gasteiger partial charge in [-0.3, -0.25) is 14.4 Å². The zero-order valence-corrected chi connectivity index (χ0v) is 47.7. The summed E-state index contributed by atoms with van der Waals surface area (Å²) < 4.78 is 195. The molecular formula is C62H46Cl2F14N4O7. The fourth-order valence-corrected chi connectivity index (χ4v) is 8.71. The van der Waals surface area contributed by atoms with Crippen molar-refractivity contribution in [2.75, 3.05) is 21.7 Å². The molecule has 0 aromatic heterocycles. The first-order valence-corrected chi connectivity index (χ1v) is 26.2. The number of carboxylic acid groups (broad SMARTS) is 1. The van der Waals surface area contributed by atoms with Crippen molar-refractivity contribution < 1.29 is 95.2 Å². The number of para-hydroxylation sites is 2. The SMILES string of the molecule is Cc1cc(C(F)(C(F)(F)F)C(F)(F)F)cc(C)c1N.Cc1cc(C(F)(C(F)(F)F)C(F)(F)F)cc(C)c1NC(=O)c1cc(NC(=O)c2cccc(Cl)c2)ccc1Oc1ccccc1.O=C(Nc1ccc(Oc2ccccc2)c(C(=O)O)c1)c1cccc(Cl)c1. The number of anilines is 4. The molecule has 0 saturated carbocycles. The minimum Gasteiger partial charge on any atom is -0.478 e. The van der Waals surface area contributed by atoms with Crippen molar-refractivity contribution in [3.8, 4) is 23.0 Å². The Labute approximate surface area is 507 Å². The highest BCUT2D eigenvalue weighted by Crippen LogP contribution is 2.55. The van der Waals surface area contributed by atoms with Gasteiger partial charge in [0.25, 0.3) is 17.7 Å². The van der Waals surface area contributed by atoms with E-state index in [0.29, 0.717) is 57.1 Å². The average molecular weight is 1300 g/mol. The summed E-state index contributed by atoms with van der Waals surface area (Å²) in [6.45, 7) is 4.67. The molecule has 0 atom stereocenters. The molecule has 468 valence electrons. The predicted octanol–water partition coefficient (Wildman–Crippen LogP) is 18.8. The molecule has 0 saturated heterocycles. The summed E-state index contributed by atoms with van der Waals surface area (Å²) in [6, 6.07) is 39.9. The van der Waals surface area contributed by atoms with Crippen LogP contribution >= 0.6 is 23.2 Å². The zero-order chi connectivity index (χ0) is 66.2. The van der Waals surface area contributed by atoms with E-state index in [1.165, 1.54) is 62.4 Å². The molecule has 8 aromatic carbocycles. The number of alkyl halides is 14. The molecule has 6 N–H and O–H groups in total. The van der Waals surface area contributed by atoms with Crippen LogP contribution in [0, 0.1) is 27.7 Å². The second-order valence-corrected chi connectivity index (χ2v) is 20.1. The van der Waals surface area contributed by atoms with Crippen molar-refractivity contribution in [2.24, 2.45) is 0 Å². The number of hydrogen-bond donors (Lipinski definition) is 5. The zero-order valence-electron chi connectivity index (χ0n) is 46.2. The minimum atomic E-state index is -6.30. The number of amides is 3. The molecule has 0 heterocycles. The number of hydrogen-bond acceptors (Lipinski definition) is 7. The van der Waals surface area contributed by atoms with E-state index >= 15 is 0 Å². The predicted molar refractivity (Wildman–Crippen MR) is 306 cm³/mol. The number of carbonyl (C=O) groups is 4. The number of ether oxygens (including phenoxy) is 2. The van der Waals surface area contributed by atoms with E-state index in [1.807, 2.05) is 6.07 Å². The third-order valence-electron chi connectivity index (χ3n) is 12.8. The van der Waals surface area contributed by atoms with Crippen molar-refractivity contribution in [3.05, 3.63) is 236 Å². The molecule has 8 rings (SSSR count). The van der Waals surface area contributed by atoms with E-state index < -0.39 is 65.0 Å². The molecule has 3 amide bonds. The van der Waals surface area contributed by atoms with Gasteiger partial charge in [0.1, 0.15) is 28.6 Å². The van der Waals surface area contributed by atoms with Crippen LogP contribution in [0.1, 0.15) is 74.8 Å². The van der Waals surface area contributed by atoms with E-state index in [-0.39, 0.29) is 73.4 Å². The van der Waals surface area contributed by atoms with Crippen LogP contribution in [0.2, 0.25) is 10.0 Å². The largest absolute Gasteiger partial charge is 0.478 e. The number of benzene rings is 8. The highest BCUT2D eigenvalue weighted by Gasteiger charge is 2.74. The lowest BCUT2D eigenvalue weighted by Gasteiger charge is -2.31. The normalized spacial score (nSPS) is 11.9. The molecule has 8 aromatic rings. The average Bonchev–Trinajstić information content (AvgIpc) is 0.900. The maximum atomic E-state index is 14.7. The molecular weight excluding hydrogens is 1250 g/mol. The fourth-order valence-electron chi connectivity index (χ4n) is 8.33. The maximum Gasteiger partial charge on any atom is 0.435 e. The Morgan fingerprint density at radius 3 is 1.11 bits per heavy atom. The van der Waals surface area contributed by atoms with Crippen LogP contribution in [0.15, 0.2) is 170 Å². The molecule has 11 nitrogen and oxygen atoms in total. The number of nitrogen functional groups attached to an aromatic ring is 1. The van der Waals surface area contributed by atoms with Gasteiger partial charge in [0, 0.05) is 55.0 Å². The van der Waals surface area contributed by atoms with Gasteiger partial charge in [-0.2, -0.15) is 52.7 Å². The highest BCUT2D eigenvalue weighted by molar-refractivity contribution is 6.31. The van der Waals surface area contributed by atoms with Crippen molar-refractivity contribution in [1.29, 1.82) is 0 Å². The molecule has 0 fully saturated rings. The standard InChI is InChI=1S/C31H22ClF7N2O3.C20H14ClNO4.C11H10F7N/c1-17-13-20(29(33,30(34,35)36)31(37,38)39)14-18(2)26(17)41-28(43)24-16-22(40-27(42)19-7-6-8-21(32)15-19)11-12-25(24)44-23-9-4-3-5-10-23;21-14-6-4-5-13(11-14)19(23)22-15-9-10-18(17(12-15)20(24)25)26-16-7-2-1-3-8-16;1-5-3-7(4-6(2)8(5)19)9(12,10(13,14)15)11(16,17)18/h3-16H,1-2H3,(H,40,42)(H,41,43);1-12H,(H,22,23)(H,24,25);3-4H,19H2,1-2H3. The van der Waals surface area contributed by atoms with Gasteiger partial charge in [0.2, 0.25) is 0 Å². The van der Waals surface area contributed by atoms with Gasteiger partial charge in [-0.05, 0) is 147 Å². The number of carbonyl (C=O) groups excluding carboxylic acids is 3. The summed E-state index contributed by atoms with van der Waals surface area (Å²) in [5.74, 6) is -1.93. The summed E-state index contributed by atoms with van der Waals surface area (Å²) in [5, 5.41) is 17.9. The van der Waals surface area contributed by atoms with Gasteiger partial charge >= 0.3 is 42.0 Å². The van der Waals surface area contributed by atoms with Gasteiger partial charge < -0.3 is 36.3 Å². The first kappa shape index (κ1) is 68.7. The number of nitrogens with two attached hydrogens (primary N) is 1. The third-order valence-corrected chi connectivity index (χ3v) is 13.3. The Bertz CT molecular complexity index is 3830. The number of aromatic carboxylic acids is 1. The van der Waals surface area contributed by atoms with Gasteiger partial charge in [0.05, 0.1) is 5.56 Å². The second kappa shape index (κ2) is 27.4. The molecule has 0 spiro atoms. The van der Waals surface area contributed by atoms with Crippen LogP contribution < -0.4 is 31.2 Å². The van der Waals surface area contributed by atoms with Crippen LogP contribution in [0.4, 0.5) is 84.2 Å². The van der Waals surface area contributed by atoms with E-state index in [2.05, 4.69) is 16.0 Å². The van der Waals surface area contributed by atoms with E-state index in [1.54, 1.807) is 91.0 Å². The molecule has 0 unspecified atom stereocenters. The van der Waals surface area contributed by atoms with Gasteiger partial charge in [0.15, 0.2) is 0 Å². The summed E-state index contributed by atoms with van der Waals surface area (Å²) in [6.07, 6.45) is -24.8. The van der Waals surface area contributed by atoms with Crippen LogP contribution in [-0.4, -0.2) is 53.5 Å². The number of carboxylic acids is 1. The van der Waals surface area contributed by atoms with Crippen molar-refractivity contribution in [3.63, 3.8) is 0 Å². The van der Waals surface area contributed by atoms with Crippen LogP contribution in [0.5, 0.6) is 23.0 Å². The Hall–Kier alpha value is -9.36. The topological polar surface area (TPSA) is 169 Å². The van der Waals surface area contributed by atoms with Gasteiger partial charge in [-0.25, -0.2) is 13.6 Å². The molecule has 0 aliphatic heterocycles.